The summed E-state index contributed by atoms with van der Waals surface area (Å²) < 4.78 is 38.1. The van der Waals surface area contributed by atoms with Crippen LogP contribution in [0.25, 0.3) is 11.0 Å². The number of hydrogen-bond acceptors (Lipinski definition) is 11. The van der Waals surface area contributed by atoms with Crippen LogP contribution >= 0.6 is 7.82 Å². The van der Waals surface area contributed by atoms with Crippen molar-refractivity contribution in [3.8, 4) is 0 Å². The van der Waals surface area contributed by atoms with E-state index in [0.29, 0.717) is 17.5 Å². The van der Waals surface area contributed by atoms with Gasteiger partial charge in [0.2, 0.25) is 5.95 Å². The van der Waals surface area contributed by atoms with Crippen molar-refractivity contribution in [1.29, 1.82) is 0 Å². The van der Waals surface area contributed by atoms with Crippen molar-refractivity contribution >= 4 is 30.6 Å². The zero-order valence-corrected chi connectivity index (χ0v) is 21.0. The first-order valence-electron chi connectivity index (χ1n) is 11.5. The molecule has 5 rings (SSSR count). The summed E-state index contributed by atoms with van der Waals surface area (Å²) in [6, 6.07) is 11.0. The third-order valence-electron chi connectivity index (χ3n) is 6.49. The lowest BCUT2D eigenvalue weighted by Gasteiger charge is -2.39. The molecule has 6 atom stereocenters. The molecule has 2 fully saturated rings. The predicted octanol–water partition coefficient (Wildman–Crippen LogP) is 2.69. The molecule has 1 aromatic carbocycles. The lowest BCUT2D eigenvalue weighted by atomic mass is 9.96. The molecule has 2 saturated heterocycles. The molecule has 0 saturated carbocycles. The minimum atomic E-state index is -4.04. The first-order valence-corrected chi connectivity index (χ1v) is 13.0. The summed E-state index contributed by atoms with van der Waals surface area (Å²) in [4.78, 5) is 8.14. The highest BCUT2D eigenvalue weighted by Crippen LogP contribution is 2.61. The number of fused-ring (bicyclic) bond motifs is 1. The number of aliphatic hydroxyl groups excluding tert-OH is 1. The number of rotatable bonds is 5. The van der Waals surface area contributed by atoms with Crippen molar-refractivity contribution in [3.05, 3.63) is 48.2 Å². The predicted molar refractivity (Wildman–Crippen MR) is 131 cm³/mol. The summed E-state index contributed by atoms with van der Waals surface area (Å²) in [5.41, 5.74) is 10.3. The van der Waals surface area contributed by atoms with E-state index < -0.39 is 43.6 Å². The molecule has 0 bridgehead atoms. The molecule has 4 heterocycles. The molecule has 13 heteroatoms. The standard InChI is InChI=1S/C23H30N5O7P/c1-22(2)11-15(13-7-5-4-6-8-13)34-36(31,35-22)32-12-16-17(29)23(3,30)20(33-16)28-10-9-14-18(24)26-21(25)27-19(14)28/h4-10,15-17,20,29-30H,11-12H2,1-3H3,(H4,24,25,26,27)/t15-,16+,17+,20+,23+,36+/m0/s1. The van der Waals surface area contributed by atoms with Crippen molar-refractivity contribution in [2.45, 2.75) is 62.9 Å². The van der Waals surface area contributed by atoms with Crippen LogP contribution in [0.5, 0.6) is 0 Å². The largest absolute Gasteiger partial charge is 0.476 e. The number of aliphatic hydroxyl groups is 2. The minimum Gasteiger partial charge on any atom is -0.387 e. The van der Waals surface area contributed by atoms with Gasteiger partial charge in [0, 0.05) is 12.6 Å². The first kappa shape index (κ1) is 25.1. The maximum Gasteiger partial charge on any atom is 0.476 e. The molecule has 0 radical (unpaired) electrons. The van der Waals surface area contributed by atoms with Crippen LogP contribution in [0.2, 0.25) is 0 Å². The molecule has 0 aliphatic carbocycles. The molecule has 0 amide bonds. The minimum absolute atomic E-state index is 0.0432. The first-order chi connectivity index (χ1) is 16.9. The number of phosphoric ester groups is 1. The Balaban J connectivity index is 1.36. The van der Waals surface area contributed by atoms with Gasteiger partial charge in [-0.05, 0) is 32.4 Å². The van der Waals surface area contributed by atoms with Crippen LogP contribution in [0.3, 0.4) is 0 Å². The van der Waals surface area contributed by atoms with E-state index in [4.69, 9.17) is 29.8 Å². The molecule has 2 aliphatic rings. The summed E-state index contributed by atoms with van der Waals surface area (Å²) >= 11 is 0. The SMILES string of the molecule is CC1(C)C[C@@H](c2ccccc2)O[P@@](=O)(OC[C@H]2O[C@@H](n3ccc4c(N)nc(N)nc43)[C@](C)(O)[C@@H]2O)O1. The average molecular weight is 519 g/mol. The van der Waals surface area contributed by atoms with E-state index in [1.54, 1.807) is 26.1 Å². The van der Waals surface area contributed by atoms with Crippen LogP contribution in [0.15, 0.2) is 42.6 Å². The molecule has 0 unspecified atom stereocenters. The number of phosphoric acid groups is 1. The van der Waals surface area contributed by atoms with Crippen molar-refractivity contribution in [2.75, 3.05) is 18.1 Å². The molecular weight excluding hydrogens is 489 g/mol. The number of aromatic nitrogens is 3. The average Bonchev–Trinajstić information content (AvgIpc) is 3.30. The molecule has 194 valence electrons. The molecule has 3 aromatic rings. The Hall–Kier alpha value is -2.57. The van der Waals surface area contributed by atoms with Crippen LogP contribution in [0, 0.1) is 0 Å². The van der Waals surface area contributed by atoms with Crippen LogP contribution < -0.4 is 11.5 Å². The number of anilines is 2. The van der Waals surface area contributed by atoms with Gasteiger partial charge in [-0.15, -0.1) is 0 Å². The van der Waals surface area contributed by atoms with Gasteiger partial charge in [0.15, 0.2) is 6.23 Å². The summed E-state index contributed by atoms with van der Waals surface area (Å²) in [5.74, 6) is 0.132. The van der Waals surface area contributed by atoms with Gasteiger partial charge >= 0.3 is 7.82 Å². The van der Waals surface area contributed by atoms with Crippen molar-refractivity contribution in [2.24, 2.45) is 0 Å². The van der Waals surface area contributed by atoms with Gasteiger partial charge in [0.1, 0.15) is 29.3 Å². The lowest BCUT2D eigenvalue weighted by Crippen LogP contribution is -2.44. The maximum atomic E-state index is 13.5. The Kier molecular flexibility index (Phi) is 6.12. The van der Waals surface area contributed by atoms with Crippen molar-refractivity contribution in [3.63, 3.8) is 0 Å². The molecule has 12 nitrogen and oxygen atoms in total. The summed E-state index contributed by atoms with van der Waals surface area (Å²) in [6.07, 6.45) is -1.96. The van der Waals surface area contributed by atoms with Gasteiger partial charge in [-0.1, -0.05) is 30.3 Å². The van der Waals surface area contributed by atoms with Crippen LogP contribution in [0.1, 0.15) is 45.1 Å². The van der Waals surface area contributed by atoms with Crippen LogP contribution in [-0.2, 0) is 22.9 Å². The topological polar surface area (TPSA) is 177 Å². The highest BCUT2D eigenvalue weighted by molar-refractivity contribution is 7.48. The van der Waals surface area contributed by atoms with E-state index in [1.165, 1.54) is 11.5 Å². The number of nitrogens with two attached hydrogens (primary N) is 2. The highest BCUT2D eigenvalue weighted by Gasteiger charge is 2.54. The number of ether oxygens (including phenoxy) is 1. The normalized spacial score (nSPS) is 34.2. The van der Waals surface area contributed by atoms with Crippen molar-refractivity contribution < 1.29 is 33.1 Å². The Labute approximate surface area is 207 Å². The third kappa shape index (κ3) is 4.50. The van der Waals surface area contributed by atoms with Gasteiger partial charge in [0.25, 0.3) is 0 Å². The third-order valence-corrected chi connectivity index (χ3v) is 8.18. The quantitative estimate of drug-likeness (QED) is 0.364. The fraction of sp³-hybridized carbons (Fsp3) is 0.478. The van der Waals surface area contributed by atoms with E-state index in [2.05, 4.69) is 9.97 Å². The summed E-state index contributed by atoms with van der Waals surface area (Å²) in [5, 5.41) is 22.6. The smallest absolute Gasteiger partial charge is 0.387 e. The second kappa shape index (κ2) is 8.77. The molecule has 6 N–H and O–H groups in total. The Bertz CT molecular complexity index is 1310. The molecule has 2 aliphatic heterocycles. The highest BCUT2D eigenvalue weighted by atomic mass is 31.2. The zero-order chi connectivity index (χ0) is 25.9. The second-order valence-electron chi connectivity index (χ2n) is 9.93. The maximum absolute atomic E-state index is 13.5. The monoisotopic (exact) mass is 519 g/mol. The van der Waals surface area contributed by atoms with E-state index >= 15 is 0 Å². The Morgan fingerprint density at radius 2 is 1.92 bits per heavy atom. The number of nitrogen functional groups attached to an aromatic ring is 2. The van der Waals surface area contributed by atoms with E-state index in [-0.39, 0.29) is 18.4 Å². The fourth-order valence-electron chi connectivity index (χ4n) is 4.71. The number of nitrogens with zero attached hydrogens (tertiary/aromatic N) is 3. The van der Waals surface area contributed by atoms with Crippen LogP contribution in [-0.4, -0.2) is 54.8 Å². The fourth-order valence-corrected chi connectivity index (χ4v) is 6.38. The second-order valence-corrected chi connectivity index (χ2v) is 11.5. The molecular formula is C23H30N5O7P. The lowest BCUT2D eigenvalue weighted by molar-refractivity contribution is -0.0964. The number of benzene rings is 1. The summed E-state index contributed by atoms with van der Waals surface area (Å²) in [6.45, 7) is 4.67. The molecule has 36 heavy (non-hydrogen) atoms. The Morgan fingerprint density at radius 3 is 2.64 bits per heavy atom. The van der Waals surface area contributed by atoms with Gasteiger partial charge in [-0.3, -0.25) is 13.6 Å². The van der Waals surface area contributed by atoms with Gasteiger partial charge in [0.05, 0.1) is 23.7 Å². The molecule has 2 aromatic heterocycles. The van der Waals surface area contributed by atoms with E-state index in [9.17, 15) is 14.8 Å². The number of hydrogen-bond donors (Lipinski definition) is 4. The van der Waals surface area contributed by atoms with Crippen molar-refractivity contribution in [1.82, 2.24) is 14.5 Å². The van der Waals surface area contributed by atoms with Gasteiger partial charge in [-0.2, -0.15) is 9.97 Å². The van der Waals surface area contributed by atoms with Crippen LogP contribution in [0.4, 0.5) is 11.8 Å². The molecule has 0 spiro atoms. The Morgan fingerprint density at radius 1 is 1.19 bits per heavy atom. The van der Waals surface area contributed by atoms with Gasteiger partial charge in [-0.25, -0.2) is 4.57 Å². The van der Waals surface area contributed by atoms with Gasteiger partial charge < -0.3 is 31.0 Å². The van der Waals surface area contributed by atoms with E-state index in [1.807, 2.05) is 30.3 Å². The summed E-state index contributed by atoms with van der Waals surface area (Å²) in [7, 11) is -4.04. The zero-order valence-electron chi connectivity index (χ0n) is 20.1. The van der Waals surface area contributed by atoms with E-state index in [0.717, 1.165) is 5.56 Å².